The Labute approximate surface area is 144 Å². The number of halogens is 1. The fourth-order valence-corrected chi connectivity index (χ4v) is 2.59. The second-order valence-corrected chi connectivity index (χ2v) is 6.00. The number of hydrogen-bond acceptors (Lipinski definition) is 3. The van der Waals surface area contributed by atoms with Gasteiger partial charge < -0.3 is 10.6 Å². The molecule has 1 fully saturated rings. The van der Waals surface area contributed by atoms with Crippen molar-refractivity contribution in [1.29, 1.82) is 5.26 Å². The van der Waals surface area contributed by atoms with E-state index in [0.717, 1.165) is 0 Å². The molecule has 2 N–H and O–H groups in total. The molecule has 1 saturated carbocycles. The topological polar surface area (TPSA) is 82.0 Å². The number of carbonyl (C=O) groups is 2. The molecular formula is C19H16FN3O2. The van der Waals surface area contributed by atoms with Crippen molar-refractivity contribution in [3.63, 3.8) is 0 Å². The summed E-state index contributed by atoms with van der Waals surface area (Å²) in [7, 11) is 0. The van der Waals surface area contributed by atoms with Gasteiger partial charge in [0, 0.05) is 17.8 Å². The number of amides is 2. The molecule has 3 rings (SSSR count). The first kappa shape index (κ1) is 16.7. The molecule has 2 amide bonds. The summed E-state index contributed by atoms with van der Waals surface area (Å²) in [5, 5.41) is 14.2. The highest BCUT2D eigenvalue weighted by Gasteiger charge is 2.56. The molecule has 25 heavy (non-hydrogen) atoms. The molecule has 0 unspecified atom stereocenters. The zero-order valence-corrected chi connectivity index (χ0v) is 13.4. The van der Waals surface area contributed by atoms with Gasteiger partial charge in [-0.3, -0.25) is 9.59 Å². The zero-order chi connectivity index (χ0) is 17.9. The van der Waals surface area contributed by atoms with Crippen LogP contribution in [0.4, 0.5) is 10.1 Å². The summed E-state index contributed by atoms with van der Waals surface area (Å²) < 4.78 is 13.6. The van der Waals surface area contributed by atoms with Crippen molar-refractivity contribution in [2.45, 2.75) is 19.4 Å². The van der Waals surface area contributed by atoms with E-state index in [2.05, 4.69) is 10.6 Å². The van der Waals surface area contributed by atoms with E-state index in [1.165, 1.54) is 6.07 Å². The molecule has 1 aliphatic rings. The van der Waals surface area contributed by atoms with Gasteiger partial charge in [0.05, 0.1) is 11.6 Å². The fourth-order valence-electron chi connectivity index (χ4n) is 2.59. The van der Waals surface area contributed by atoms with Gasteiger partial charge in [0.1, 0.15) is 11.2 Å². The highest BCUT2D eigenvalue weighted by atomic mass is 19.1. The molecule has 0 bridgehead atoms. The quantitative estimate of drug-likeness (QED) is 0.823. The van der Waals surface area contributed by atoms with E-state index < -0.39 is 23.0 Å². The maximum atomic E-state index is 13.6. The van der Waals surface area contributed by atoms with Gasteiger partial charge in [-0.2, -0.15) is 5.26 Å². The van der Waals surface area contributed by atoms with Gasteiger partial charge in [-0.1, -0.05) is 24.3 Å². The number of hydrogen-bond donors (Lipinski definition) is 2. The van der Waals surface area contributed by atoms with Crippen LogP contribution in [0.25, 0.3) is 0 Å². The molecule has 0 heterocycles. The smallest absolute Gasteiger partial charge is 0.240 e. The molecule has 5 nitrogen and oxygen atoms in total. The standard InChI is InChI=1S/C19H16FN3O2/c20-16-7-2-1-5-14(16)12-22-17(24)19(8-9-19)18(25)23-15-6-3-4-13(10-15)11-21/h1-7,10H,8-9,12H2,(H,22,24)(H,23,25). The number of nitrogens with one attached hydrogen (secondary N) is 2. The van der Waals surface area contributed by atoms with E-state index in [1.807, 2.05) is 6.07 Å². The van der Waals surface area contributed by atoms with Crippen molar-refractivity contribution in [1.82, 2.24) is 5.32 Å². The SMILES string of the molecule is N#Cc1cccc(NC(=O)C2(C(=O)NCc3ccccc3F)CC2)c1. The Morgan fingerprint density at radius 3 is 2.56 bits per heavy atom. The fraction of sp³-hybridized carbons (Fsp3) is 0.211. The highest BCUT2D eigenvalue weighted by molar-refractivity contribution is 6.13. The van der Waals surface area contributed by atoms with Crippen LogP contribution in [0, 0.1) is 22.6 Å². The van der Waals surface area contributed by atoms with Crippen molar-refractivity contribution in [3.05, 3.63) is 65.5 Å². The van der Waals surface area contributed by atoms with Gasteiger partial charge in [0.25, 0.3) is 0 Å². The van der Waals surface area contributed by atoms with Crippen LogP contribution in [0.3, 0.4) is 0 Å². The lowest BCUT2D eigenvalue weighted by molar-refractivity contribution is -0.134. The maximum absolute atomic E-state index is 13.6. The lowest BCUT2D eigenvalue weighted by Crippen LogP contribution is -2.39. The minimum Gasteiger partial charge on any atom is -0.351 e. The summed E-state index contributed by atoms with van der Waals surface area (Å²) in [4.78, 5) is 24.9. The summed E-state index contributed by atoms with van der Waals surface area (Å²) in [6.07, 6.45) is 0.889. The average molecular weight is 337 g/mol. The van der Waals surface area contributed by atoms with E-state index in [4.69, 9.17) is 5.26 Å². The first-order valence-electron chi connectivity index (χ1n) is 7.88. The number of nitrogens with zero attached hydrogens (tertiary/aromatic N) is 1. The lowest BCUT2D eigenvalue weighted by Gasteiger charge is -2.16. The van der Waals surface area contributed by atoms with Crippen LogP contribution in [0.5, 0.6) is 0 Å². The van der Waals surface area contributed by atoms with Crippen molar-refractivity contribution < 1.29 is 14.0 Å². The Balaban J connectivity index is 1.64. The van der Waals surface area contributed by atoms with Gasteiger partial charge in [0.15, 0.2) is 0 Å². The molecule has 6 heteroatoms. The molecule has 1 aliphatic carbocycles. The molecule has 0 saturated heterocycles. The van der Waals surface area contributed by atoms with Gasteiger partial charge in [-0.15, -0.1) is 0 Å². The van der Waals surface area contributed by atoms with Crippen molar-refractivity contribution in [3.8, 4) is 6.07 Å². The predicted molar refractivity (Wildman–Crippen MR) is 89.7 cm³/mol. The highest BCUT2D eigenvalue weighted by Crippen LogP contribution is 2.46. The maximum Gasteiger partial charge on any atom is 0.240 e. The van der Waals surface area contributed by atoms with Gasteiger partial charge >= 0.3 is 0 Å². The molecule has 126 valence electrons. The van der Waals surface area contributed by atoms with Crippen LogP contribution in [0.15, 0.2) is 48.5 Å². The Bertz CT molecular complexity index is 869. The van der Waals surface area contributed by atoms with Crippen LogP contribution >= 0.6 is 0 Å². The summed E-state index contributed by atoms with van der Waals surface area (Å²) >= 11 is 0. The Morgan fingerprint density at radius 2 is 1.88 bits per heavy atom. The molecule has 2 aromatic rings. The average Bonchev–Trinajstić information content (AvgIpc) is 3.43. The molecule has 0 aliphatic heterocycles. The van der Waals surface area contributed by atoms with Crippen molar-refractivity contribution in [2.24, 2.45) is 5.41 Å². The van der Waals surface area contributed by atoms with E-state index in [0.29, 0.717) is 29.7 Å². The molecule has 0 radical (unpaired) electrons. The third-order valence-electron chi connectivity index (χ3n) is 4.27. The third kappa shape index (κ3) is 3.50. The summed E-state index contributed by atoms with van der Waals surface area (Å²) in [6.45, 7) is 0.0322. The van der Waals surface area contributed by atoms with Crippen LogP contribution in [-0.4, -0.2) is 11.8 Å². The largest absolute Gasteiger partial charge is 0.351 e. The van der Waals surface area contributed by atoms with Crippen LogP contribution < -0.4 is 10.6 Å². The Hall–Kier alpha value is -3.20. The molecule has 0 spiro atoms. The van der Waals surface area contributed by atoms with Crippen LogP contribution in [-0.2, 0) is 16.1 Å². The Morgan fingerprint density at radius 1 is 1.12 bits per heavy atom. The van der Waals surface area contributed by atoms with Crippen LogP contribution in [0.1, 0.15) is 24.0 Å². The van der Waals surface area contributed by atoms with E-state index in [9.17, 15) is 14.0 Å². The number of benzene rings is 2. The summed E-state index contributed by atoms with van der Waals surface area (Å²) in [5.74, 6) is -1.22. The van der Waals surface area contributed by atoms with Gasteiger partial charge in [-0.25, -0.2) is 4.39 Å². The lowest BCUT2D eigenvalue weighted by atomic mass is 10.0. The van der Waals surface area contributed by atoms with Crippen LogP contribution in [0.2, 0.25) is 0 Å². The monoisotopic (exact) mass is 337 g/mol. The zero-order valence-electron chi connectivity index (χ0n) is 13.4. The number of rotatable bonds is 5. The van der Waals surface area contributed by atoms with Gasteiger partial charge in [0.2, 0.25) is 11.8 Å². The third-order valence-corrected chi connectivity index (χ3v) is 4.27. The first-order valence-corrected chi connectivity index (χ1v) is 7.88. The van der Waals surface area contributed by atoms with E-state index in [1.54, 1.807) is 42.5 Å². The predicted octanol–water partition coefficient (Wildman–Crippen LogP) is 2.73. The van der Waals surface area contributed by atoms with Crippen molar-refractivity contribution in [2.75, 3.05) is 5.32 Å². The Kier molecular flexibility index (Phi) is 4.48. The second-order valence-electron chi connectivity index (χ2n) is 6.00. The van der Waals surface area contributed by atoms with Gasteiger partial charge in [-0.05, 0) is 37.1 Å². The molecule has 2 aromatic carbocycles. The molecular weight excluding hydrogens is 321 g/mol. The minimum absolute atomic E-state index is 0.0322. The minimum atomic E-state index is -1.12. The molecule has 0 aromatic heterocycles. The summed E-state index contributed by atoms with van der Waals surface area (Å²) in [5.41, 5.74) is 0.145. The van der Waals surface area contributed by atoms with E-state index >= 15 is 0 Å². The molecule has 0 atom stereocenters. The number of anilines is 1. The normalized spacial score (nSPS) is 14.2. The number of carbonyl (C=O) groups excluding carboxylic acids is 2. The first-order chi connectivity index (χ1) is 12.0. The summed E-state index contributed by atoms with van der Waals surface area (Å²) in [6, 6.07) is 14.7. The van der Waals surface area contributed by atoms with E-state index in [-0.39, 0.29) is 6.54 Å². The van der Waals surface area contributed by atoms with Crippen molar-refractivity contribution >= 4 is 17.5 Å². The number of nitriles is 1. The second kappa shape index (κ2) is 6.73.